The summed E-state index contributed by atoms with van der Waals surface area (Å²) in [6, 6.07) is 6.26. The number of esters is 2. The molecule has 0 bridgehead atoms. The van der Waals surface area contributed by atoms with Crippen LogP contribution in [0.5, 0.6) is 0 Å². The van der Waals surface area contributed by atoms with Gasteiger partial charge < -0.3 is 14.0 Å². The molecule has 0 aliphatic heterocycles. The van der Waals surface area contributed by atoms with Gasteiger partial charge in [0.15, 0.2) is 0 Å². The Labute approximate surface area is 208 Å². The Balaban J connectivity index is 0.00000900. The second-order valence-corrected chi connectivity index (χ2v) is 8.78. The third-order valence-corrected chi connectivity index (χ3v) is 5.41. The standard InChI is InChI=1S/C22H34O7S.Na/c1-2-3-4-5-6-7-8-11-16-28-21(23)19-14-9-10-15-20(19)22(24)29-17-12-13-18-30(25,26)27;/h9-10,14-15H,2-8,11-13,16-18H2,1H3,(H,25,26,27);/q;+1/p-1. The first-order chi connectivity index (χ1) is 14.3. The van der Waals surface area contributed by atoms with Crippen molar-refractivity contribution in [3.63, 3.8) is 0 Å². The van der Waals surface area contributed by atoms with E-state index in [2.05, 4.69) is 6.92 Å². The normalized spacial score (nSPS) is 10.9. The van der Waals surface area contributed by atoms with Gasteiger partial charge in [0.1, 0.15) is 0 Å². The maximum absolute atomic E-state index is 12.3. The molecule has 1 aromatic carbocycles. The minimum Gasteiger partial charge on any atom is -0.748 e. The quantitative estimate of drug-likeness (QED) is 0.158. The molecule has 0 saturated heterocycles. The average Bonchev–Trinajstić information content (AvgIpc) is 2.71. The first-order valence-corrected chi connectivity index (χ1v) is 12.3. The molecular weight excluding hydrogens is 431 g/mol. The van der Waals surface area contributed by atoms with Crippen LogP contribution in [0.15, 0.2) is 24.3 Å². The molecule has 0 amide bonds. The fourth-order valence-electron chi connectivity index (χ4n) is 2.94. The van der Waals surface area contributed by atoms with E-state index in [1.165, 1.54) is 44.2 Å². The van der Waals surface area contributed by atoms with Crippen molar-refractivity contribution in [2.45, 2.75) is 71.1 Å². The molecule has 0 unspecified atom stereocenters. The number of carbonyl (C=O) groups is 2. The molecule has 1 aromatic rings. The smallest absolute Gasteiger partial charge is 0.748 e. The third kappa shape index (κ3) is 14.7. The minimum absolute atomic E-state index is 0. The molecule has 0 saturated carbocycles. The van der Waals surface area contributed by atoms with E-state index < -0.39 is 27.8 Å². The van der Waals surface area contributed by atoms with E-state index in [1.54, 1.807) is 12.1 Å². The monoisotopic (exact) mass is 464 g/mol. The number of ether oxygens (including phenoxy) is 2. The van der Waals surface area contributed by atoms with E-state index in [-0.39, 0.29) is 60.1 Å². The average molecular weight is 465 g/mol. The van der Waals surface area contributed by atoms with Crippen LogP contribution >= 0.6 is 0 Å². The van der Waals surface area contributed by atoms with E-state index in [0.717, 1.165) is 19.3 Å². The SMILES string of the molecule is CCCCCCCCCCOC(=O)c1ccccc1C(=O)OCCCCS(=O)(=O)[O-].[Na+]. The van der Waals surface area contributed by atoms with Gasteiger partial charge >= 0.3 is 41.5 Å². The Kier molecular flexibility index (Phi) is 17.1. The van der Waals surface area contributed by atoms with Gasteiger partial charge in [0.2, 0.25) is 0 Å². The molecule has 31 heavy (non-hydrogen) atoms. The summed E-state index contributed by atoms with van der Waals surface area (Å²) in [4.78, 5) is 24.6. The number of rotatable bonds is 16. The first kappa shape index (κ1) is 30.1. The summed E-state index contributed by atoms with van der Waals surface area (Å²) in [7, 11) is -4.27. The van der Waals surface area contributed by atoms with Gasteiger partial charge in [0, 0.05) is 5.75 Å². The Morgan fingerprint density at radius 3 is 1.65 bits per heavy atom. The molecule has 0 atom stereocenters. The van der Waals surface area contributed by atoms with Gasteiger partial charge in [-0.3, -0.25) is 0 Å². The van der Waals surface area contributed by atoms with Gasteiger partial charge in [-0.1, -0.05) is 64.0 Å². The Hall–Kier alpha value is -0.930. The van der Waals surface area contributed by atoms with Crippen LogP contribution in [0, 0.1) is 0 Å². The fraction of sp³-hybridized carbons (Fsp3) is 0.636. The molecule has 1 rings (SSSR count). The number of hydrogen-bond donors (Lipinski definition) is 0. The molecule has 7 nitrogen and oxygen atoms in total. The van der Waals surface area contributed by atoms with Gasteiger partial charge in [-0.15, -0.1) is 0 Å². The molecular formula is C22H33NaO7S. The summed E-state index contributed by atoms with van der Waals surface area (Å²) >= 11 is 0. The van der Waals surface area contributed by atoms with Crippen molar-refractivity contribution in [2.75, 3.05) is 19.0 Å². The van der Waals surface area contributed by atoms with Crippen LogP contribution in [0.1, 0.15) is 91.8 Å². The molecule has 9 heteroatoms. The van der Waals surface area contributed by atoms with Crippen LogP contribution in [0.25, 0.3) is 0 Å². The molecule has 0 spiro atoms. The zero-order valence-electron chi connectivity index (χ0n) is 18.8. The Bertz CT molecular complexity index is 750. The summed E-state index contributed by atoms with van der Waals surface area (Å²) in [5, 5.41) is 0. The molecule has 0 fully saturated rings. The van der Waals surface area contributed by atoms with E-state index in [1.807, 2.05) is 0 Å². The van der Waals surface area contributed by atoms with E-state index in [4.69, 9.17) is 9.47 Å². The number of unbranched alkanes of at least 4 members (excludes halogenated alkanes) is 8. The summed E-state index contributed by atoms with van der Waals surface area (Å²) in [5.74, 6) is -1.74. The van der Waals surface area contributed by atoms with E-state index in [0.29, 0.717) is 6.61 Å². The Morgan fingerprint density at radius 2 is 1.19 bits per heavy atom. The minimum atomic E-state index is -4.27. The molecule has 0 heterocycles. The topological polar surface area (TPSA) is 110 Å². The summed E-state index contributed by atoms with van der Waals surface area (Å²) in [6.45, 7) is 2.47. The zero-order chi connectivity index (χ0) is 22.2. The van der Waals surface area contributed by atoms with Gasteiger partial charge in [-0.2, -0.15) is 0 Å². The number of hydrogen-bond acceptors (Lipinski definition) is 7. The summed E-state index contributed by atoms with van der Waals surface area (Å²) < 4.78 is 42.0. The van der Waals surface area contributed by atoms with Crippen molar-refractivity contribution in [3.05, 3.63) is 35.4 Å². The van der Waals surface area contributed by atoms with Crippen LogP contribution in [0.3, 0.4) is 0 Å². The van der Waals surface area contributed by atoms with Crippen LogP contribution in [-0.4, -0.2) is 43.9 Å². The molecule has 170 valence electrons. The van der Waals surface area contributed by atoms with Gasteiger partial charge in [0.05, 0.1) is 34.5 Å². The van der Waals surface area contributed by atoms with Crippen molar-refractivity contribution in [1.29, 1.82) is 0 Å². The first-order valence-electron chi connectivity index (χ1n) is 10.7. The predicted octanol–water partition coefficient (Wildman–Crippen LogP) is 1.47. The van der Waals surface area contributed by atoms with Gasteiger partial charge in [0.25, 0.3) is 0 Å². The maximum atomic E-state index is 12.3. The Morgan fingerprint density at radius 1 is 0.774 bits per heavy atom. The second-order valence-electron chi connectivity index (χ2n) is 7.26. The largest absolute Gasteiger partial charge is 1.00 e. The molecule has 0 aliphatic rings. The maximum Gasteiger partial charge on any atom is 1.00 e. The summed E-state index contributed by atoms with van der Waals surface area (Å²) in [6.07, 6.45) is 9.50. The number of carbonyl (C=O) groups excluding carboxylic acids is 2. The molecule has 0 aliphatic carbocycles. The zero-order valence-corrected chi connectivity index (χ0v) is 21.6. The molecule has 0 N–H and O–H groups in total. The van der Waals surface area contributed by atoms with Crippen molar-refractivity contribution in [1.82, 2.24) is 0 Å². The fourth-order valence-corrected chi connectivity index (χ4v) is 3.50. The van der Waals surface area contributed by atoms with Gasteiger partial charge in [-0.05, 0) is 31.4 Å². The van der Waals surface area contributed by atoms with Crippen molar-refractivity contribution >= 4 is 22.1 Å². The predicted molar refractivity (Wildman–Crippen MR) is 113 cm³/mol. The number of benzene rings is 1. The van der Waals surface area contributed by atoms with Crippen molar-refractivity contribution in [2.24, 2.45) is 0 Å². The molecule has 0 aromatic heterocycles. The van der Waals surface area contributed by atoms with E-state index >= 15 is 0 Å². The van der Waals surface area contributed by atoms with Crippen LogP contribution in [-0.2, 0) is 19.6 Å². The van der Waals surface area contributed by atoms with Crippen molar-refractivity contribution in [3.8, 4) is 0 Å². The second kappa shape index (κ2) is 17.6. The molecule has 0 radical (unpaired) electrons. The van der Waals surface area contributed by atoms with E-state index in [9.17, 15) is 22.6 Å². The van der Waals surface area contributed by atoms with Crippen LogP contribution < -0.4 is 29.6 Å². The third-order valence-electron chi connectivity index (χ3n) is 4.62. The van der Waals surface area contributed by atoms with Crippen LogP contribution in [0.2, 0.25) is 0 Å². The van der Waals surface area contributed by atoms with Crippen LogP contribution in [0.4, 0.5) is 0 Å². The summed E-state index contributed by atoms with van der Waals surface area (Å²) in [5.41, 5.74) is 0.249. The van der Waals surface area contributed by atoms with Gasteiger partial charge in [-0.25, -0.2) is 18.0 Å². The van der Waals surface area contributed by atoms with Crippen molar-refractivity contribution < 1.29 is 61.6 Å².